The Labute approximate surface area is 124 Å². The number of halogens is 1. The van der Waals surface area contributed by atoms with Gasteiger partial charge < -0.3 is 0 Å². The second-order valence-corrected chi connectivity index (χ2v) is 8.22. The highest BCUT2D eigenvalue weighted by molar-refractivity contribution is 7.89. The molecule has 0 aliphatic rings. The van der Waals surface area contributed by atoms with E-state index in [4.69, 9.17) is 11.6 Å². The Morgan fingerprint density at radius 1 is 1.05 bits per heavy atom. The number of benzene rings is 1. The van der Waals surface area contributed by atoms with Crippen LogP contribution in [0.5, 0.6) is 0 Å². The first-order valence-electron chi connectivity index (χ1n) is 6.00. The summed E-state index contributed by atoms with van der Waals surface area (Å²) in [7, 11) is -6.91. The summed E-state index contributed by atoms with van der Waals surface area (Å²) in [6, 6.07) is 6.12. The van der Waals surface area contributed by atoms with E-state index < -0.39 is 20.0 Å². The van der Waals surface area contributed by atoms with Crippen LogP contribution in [-0.4, -0.2) is 35.7 Å². The van der Waals surface area contributed by atoms with Gasteiger partial charge >= 0.3 is 0 Å². The molecule has 0 aromatic heterocycles. The Kier molecular flexibility index (Phi) is 6.41. The maximum Gasteiger partial charge on any atom is 0.242 e. The third kappa shape index (κ3) is 5.37. The Bertz CT molecular complexity index is 644. The van der Waals surface area contributed by atoms with Gasteiger partial charge in [-0.2, -0.15) is 0 Å². The van der Waals surface area contributed by atoms with Gasteiger partial charge in [0, 0.05) is 13.1 Å². The Balaban J connectivity index is 2.48. The molecule has 0 aliphatic heterocycles. The lowest BCUT2D eigenvalue weighted by atomic mass is 10.4. The molecule has 0 saturated heterocycles. The van der Waals surface area contributed by atoms with Crippen LogP contribution >= 0.6 is 11.6 Å². The molecule has 1 aromatic carbocycles. The highest BCUT2D eigenvalue weighted by Crippen LogP contribution is 2.19. The first-order valence-corrected chi connectivity index (χ1v) is 9.51. The zero-order valence-electron chi connectivity index (χ0n) is 11.0. The minimum Gasteiger partial charge on any atom is -0.215 e. The van der Waals surface area contributed by atoms with Crippen molar-refractivity contribution in [2.45, 2.75) is 18.2 Å². The Morgan fingerprint density at radius 3 is 2.25 bits per heavy atom. The van der Waals surface area contributed by atoms with E-state index in [1.165, 1.54) is 19.1 Å². The highest BCUT2D eigenvalue weighted by atomic mass is 35.5. The van der Waals surface area contributed by atoms with Gasteiger partial charge in [0.1, 0.15) is 4.90 Å². The lowest BCUT2D eigenvalue weighted by molar-refractivity contribution is 0.573. The molecule has 2 N–H and O–H groups in total. The van der Waals surface area contributed by atoms with Crippen molar-refractivity contribution in [3.05, 3.63) is 29.3 Å². The van der Waals surface area contributed by atoms with Crippen molar-refractivity contribution in [3.63, 3.8) is 0 Å². The van der Waals surface area contributed by atoms with Crippen LogP contribution in [0.1, 0.15) is 13.3 Å². The molecule has 20 heavy (non-hydrogen) atoms. The molecule has 9 heteroatoms. The lowest BCUT2D eigenvalue weighted by Gasteiger charge is -2.08. The van der Waals surface area contributed by atoms with Gasteiger partial charge in [0.2, 0.25) is 20.0 Å². The third-order valence-corrected chi connectivity index (χ3v) is 5.84. The monoisotopic (exact) mass is 340 g/mol. The average Bonchev–Trinajstić information content (AvgIpc) is 2.38. The van der Waals surface area contributed by atoms with Crippen molar-refractivity contribution in [2.24, 2.45) is 0 Å². The highest BCUT2D eigenvalue weighted by Gasteiger charge is 2.16. The number of sulfonamides is 2. The van der Waals surface area contributed by atoms with Gasteiger partial charge in [-0.3, -0.25) is 0 Å². The van der Waals surface area contributed by atoms with Crippen LogP contribution in [0.2, 0.25) is 5.02 Å². The van der Waals surface area contributed by atoms with E-state index in [1.54, 1.807) is 12.1 Å². The van der Waals surface area contributed by atoms with E-state index in [0.717, 1.165) is 0 Å². The predicted molar refractivity (Wildman–Crippen MR) is 78.7 cm³/mol. The van der Waals surface area contributed by atoms with Gasteiger partial charge in [-0.05, 0) is 25.5 Å². The summed E-state index contributed by atoms with van der Waals surface area (Å²) in [4.78, 5) is 0.0100. The number of nitrogens with one attached hydrogen (secondary N) is 2. The molecule has 6 nitrogen and oxygen atoms in total. The smallest absolute Gasteiger partial charge is 0.215 e. The molecule has 0 atom stereocenters. The average molecular weight is 341 g/mol. The number of rotatable bonds is 8. The van der Waals surface area contributed by atoms with Crippen LogP contribution < -0.4 is 9.44 Å². The second kappa shape index (κ2) is 7.37. The van der Waals surface area contributed by atoms with Crippen molar-refractivity contribution >= 4 is 31.6 Å². The van der Waals surface area contributed by atoms with Crippen LogP contribution in [0, 0.1) is 0 Å². The predicted octanol–water partition coefficient (Wildman–Crippen LogP) is 0.948. The molecule has 0 spiro atoms. The number of hydrogen-bond donors (Lipinski definition) is 2. The Hall–Kier alpha value is -0.670. The molecule has 0 amide bonds. The molecule has 0 radical (unpaired) electrons. The zero-order chi connectivity index (χ0) is 15.2. The maximum atomic E-state index is 11.9. The summed E-state index contributed by atoms with van der Waals surface area (Å²) in [5.74, 6) is -0.00164. The second-order valence-electron chi connectivity index (χ2n) is 3.98. The van der Waals surface area contributed by atoms with E-state index >= 15 is 0 Å². The standard InChI is InChI=1S/C11H17ClN2O4S2/c1-2-19(15,16)13-8-5-9-14-20(17,18)11-7-4-3-6-10(11)12/h3-4,6-7,13-14H,2,5,8-9H2,1H3. The molecule has 1 rings (SSSR count). The first kappa shape index (κ1) is 17.4. The summed E-state index contributed by atoms with van der Waals surface area (Å²) >= 11 is 5.82. The van der Waals surface area contributed by atoms with Crippen LogP contribution in [0.4, 0.5) is 0 Å². The van der Waals surface area contributed by atoms with Gasteiger partial charge in [0.25, 0.3) is 0 Å². The molecule has 0 saturated carbocycles. The third-order valence-electron chi connectivity index (χ3n) is 2.47. The quantitative estimate of drug-likeness (QED) is 0.689. The van der Waals surface area contributed by atoms with Crippen molar-refractivity contribution in [1.82, 2.24) is 9.44 Å². The molecule has 0 aliphatic carbocycles. The van der Waals surface area contributed by atoms with Gasteiger partial charge in [0.15, 0.2) is 0 Å². The minimum atomic E-state index is -3.67. The SMILES string of the molecule is CCS(=O)(=O)NCCCNS(=O)(=O)c1ccccc1Cl. The van der Waals surface area contributed by atoms with Gasteiger partial charge in [0.05, 0.1) is 10.8 Å². The van der Waals surface area contributed by atoms with E-state index in [2.05, 4.69) is 9.44 Å². The molecular weight excluding hydrogens is 324 g/mol. The van der Waals surface area contributed by atoms with Crippen LogP contribution in [-0.2, 0) is 20.0 Å². The fraction of sp³-hybridized carbons (Fsp3) is 0.455. The lowest BCUT2D eigenvalue weighted by Crippen LogP contribution is -2.30. The molecule has 0 bridgehead atoms. The summed E-state index contributed by atoms with van der Waals surface area (Å²) in [6.45, 7) is 1.84. The topological polar surface area (TPSA) is 92.3 Å². The van der Waals surface area contributed by atoms with E-state index in [-0.39, 0.29) is 28.8 Å². The molecule has 0 fully saturated rings. The van der Waals surface area contributed by atoms with E-state index in [9.17, 15) is 16.8 Å². The Morgan fingerprint density at radius 2 is 1.65 bits per heavy atom. The summed E-state index contributed by atoms with van der Waals surface area (Å²) in [5, 5.41) is 0.145. The summed E-state index contributed by atoms with van der Waals surface area (Å²) in [6.07, 6.45) is 0.350. The molecule has 1 aromatic rings. The van der Waals surface area contributed by atoms with Crippen LogP contribution in [0.3, 0.4) is 0 Å². The molecular formula is C11H17ClN2O4S2. The van der Waals surface area contributed by atoms with Gasteiger partial charge in [-0.1, -0.05) is 23.7 Å². The molecule has 0 unspecified atom stereocenters. The van der Waals surface area contributed by atoms with Gasteiger partial charge in [-0.15, -0.1) is 0 Å². The molecule has 0 heterocycles. The van der Waals surface area contributed by atoms with Gasteiger partial charge in [-0.25, -0.2) is 26.3 Å². The minimum absolute atomic E-state index is 0.00164. The van der Waals surface area contributed by atoms with E-state index in [1.807, 2.05) is 0 Å². The van der Waals surface area contributed by atoms with Crippen LogP contribution in [0.25, 0.3) is 0 Å². The van der Waals surface area contributed by atoms with Crippen molar-refractivity contribution in [1.29, 1.82) is 0 Å². The normalized spacial score (nSPS) is 12.5. The largest absolute Gasteiger partial charge is 0.242 e. The van der Waals surface area contributed by atoms with Crippen molar-refractivity contribution < 1.29 is 16.8 Å². The maximum absolute atomic E-state index is 11.9. The van der Waals surface area contributed by atoms with Crippen LogP contribution in [0.15, 0.2) is 29.2 Å². The van der Waals surface area contributed by atoms with Crippen molar-refractivity contribution in [3.8, 4) is 0 Å². The fourth-order valence-corrected chi connectivity index (χ4v) is 3.62. The first-order chi connectivity index (χ1) is 9.28. The fourth-order valence-electron chi connectivity index (χ4n) is 1.37. The summed E-state index contributed by atoms with van der Waals surface area (Å²) < 4.78 is 50.9. The summed E-state index contributed by atoms with van der Waals surface area (Å²) in [5.41, 5.74) is 0. The number of hydrogen-bond acceptors (Lipinski definition) is 4. The molecule has 114 valence electrons. The van der Waals surface area contributed by atoms with E-state index in [0.29, 0.717) is 6.42 Å². The van der Waals surface area contributed by atoms with Crippen molar-refractivity contribution in [2.75, 3.05) is 18.8 Å². The zero-order valence-corrected chi connectivity index (χ0v) is 13.4.